The summed E-state index contributed by atoms with van der Waals surface area (Å²) in [5.74, 6) is 0. The molecule has 0 aromatic carbocycles. The van der Waals surface area contributed by atoms with Gasteiger partial charge in [-0.25, -0.2) is 0 Å². The van der Waals surface area contributed by atoms with Crippen molar-refractivity contribution in [2.75, 3.05) is 32.7 Å². The fraction of sp³-hybridized carbons (Fsp3) is 1.00. The molecule has 20 heavy (non-hydrogen) atoms. The molecule has 1 fully saturated rings. The van der Waals surface area contributed by atoms with E-state index < -0.39 is 0 Å². The van der Waals surface area contributed by atoms with Crippen molar-refractivity contribution in [3.63, 3.8) is 0 Å². The third kappa shape index (κ3) is 9.73. The Morgan fingerprint density at radius 2 is 1.65 bits per heavy atom. The lowest BCUT2D eigenvalue weighted by Crippen LogP contribution is -2.43. The zero-order valence-corrected chi connectivity index (χ0v) is 14.0. The molecule has 1 rings (SSSR count). The van der Waals surface area contributed by atoms with Gasteiger partial charge < -0.3 is 15.3 Å². The summed E-state index contributed by atoms with van der Waals surface area (Å²) in [4.78, 5) is 2.55. The number of hydrogen-bond donors (Lipinski definition) is 2. The van der Waals surface area contributed by atoms with E-state index in [9.17, 15) is 5.11 Å². The summed E-state index contributed by atoms with van der Waals surface area (Å²) >= 11 is 0. The first kappa shape index (κ1) is 17.9. The van der Waals surface area contributed by atoms with Crippen LogP contribution in [0.3, 0.4) is 0 Å². The largest absolute Gasteiger partial charge is 0.393 e. The van der Waals surface area contributed by atoms with Crippen molar-refractivity contribution in [2.24, 2.45) is 5.41 Å². The van der Waals surface area contributed by atoms with Gasteiger partial charge >= 0.3 is 0 Å². The smallest absolute Gasteiger partial charge is 0.0540 e. The fourth-order valence-corrected chi connectivity index (χ4v) is 2.84. The average Bonchev–Trinajstić information content (AvgIpc) is 2.38. The van der Waals surface area contributed by atoms with Crippen LogP contribution in [-0.4, -0.2) is 48.8 Å². The molecule has 2 N–H and O–H groups in total. The first-order valence-electron chi connectivity index (χ1n) is 8.58. The Hall–Kier alpha value is -0.120. The molecule has 0 amide bonds. The lowest BCUT2D eigenvalue weighted by Gasteiger charge is -2.27. The van der Waals surface area contributed by atoms with E-state index in [2.05, 4.69) is 31.0 Å². The van der Waals surface area contributed by atoms with E-state index in [4.69, 9.17) is 0 Å². The van der Waals surface area contributed by atoms with Crippen LogP contribution < -0.4 is 5.32 Å². The summed E-state index contributed by atoms with van der Waals surface area (Å²) in [6.07, 6.45) is 8.01. The lowest BCUT2D eigenvalue weighted by molar-refractivity contribution is 0.142. The minimum Gasteiger partial charge on any atom is -0.393 e. The number of nitrogens with one attached hydrogen (secondary N) is 1. The minimum absolute atomic E-state index is 0.0727. The monoisotopic (exact) mass is 284 g/mol. The van der Waals surface area contributed by atoms with Crippen LogP contribution in [0.4, 0.5) is 0 Å². The molecular weight excluding hydrogens is 248 g/mol. The maximum absolute atomic E-state index is 9.98. The number of hydrogen-bond acceptors (Lipinski definition) is 3. The predicted octanol–water partition coefficient (Wildman–Crippen LogP) is 3.03. The Morgan fingerprint density at radius 1 is 1.00 bits per heavy atom. The van der Waals surface area contributed by atoms with E-state index >= 15 is 0 Å². The van der Waals surface area contributed by atoms with Crippen LogP contribution in [0.5, 0.6) is 0 Å². The predicted molar refractivity (Wildman–Crippen MR) is 87.1 cm³/mol. The van der Waals surface area contributed by atoms with Crippen LogP contribution in [0.15, 0.2) is 0 Å². The summed E-state index contributed by atoms with van der Waals surface area (Å²) in [5, 5.41) is 13.4. The molecule has 1 heterocycles. The Morgan fingerprint density at radius 3 is 2.30 bits per heavy atom. The van der Waals surface area contributed by atoms with Crippen LogP contribution >= 0.6 is 0 Å². The van der Waals surface area contributed by atoms with E-state index in [1.54, 1.807) is 0 Å². The Bertz CT molecular complexity index is 232. The number of unbranched alkanes of at least 4 members (excludes halogenated alkanes) is 2. The Labute approximate surface area is 126 Å². The fourth-order valence-electron chi connectivity index (χ4n) is 2.84. The number of aliphatic hydroxyl groups is 1. The zero-order valence-electron chi connectivity index (χ0n) is 14.0. The number of piperazine rings is 1. The van der Waals surface area contributed by atoms with E-state index in [0.717, 1.165) is 32.4 Å². The third-order valence-corrected chi connectivity index (χ3v) is 4.19. The second-order valence-electron chi connectivity index (χ2n) is 7.55. The summed E-state index contributed by atoms with van der Waals surface area (Å²) in [6, 6.07) is 0. The van der Waals surface area contributed by atoms with Gasteiger partial charge in [0, 0.05) is 26.2 Å². The molecule has 0 unspecified atom stereocenters. The minimum atomic E-state index is -0.0727. The van der Waals surface area contributed by atoms with Crippen LogP contribution in [0.25, 0.3) is 0 Å². The van der Waals surface area contributed by atoms with Gasteiger partial charge in [-0.1, -0.05) is 40.0 Å². The van der Waals surface area contributed by atoms with Crippen LogP contribution in [0.1, 0.15) is 65.7 Å². The van der Waals surface area contributed by atoms with Gasteiger partial charge in [0.2, 0.25) is 0 Å². The summed E-state index contributed by atoms with van der Waals surface area (Å²) in [6.45, 7) is 12.8. The molecule has 3 heteroatoms. The van der Waals surface area contributed by atoms with Gasteiger partial charge in [0.15, 0.2) is 0 Å². The van der Waals surface area contributed by atoms with E-state index in [1.165, 1.54) is 45.3 Å². The highest BCUT2D eigenvalue weighted by atomic mass is 16.3. The van der Waals surface area contributed by atoms with Crippen molar-refractivity contribution in [1.29, 1.82) is 0 Å². The average molecular weight is 284 g/mol. The Kier molecular flexibility index (Phi) is 8.74. The normalized spacial score (nSPS) is 19.2. The highest BCUT2D eigenvalue weighted by Gasteiger charge is 2.12. The molecule has 0 saturated carbocycles. The molecule has 1 atom stereocenters. The maximum atomic E-state index is 9.98. The molecule has 0 aliphatic carbocycles. The van der Waals surface area contributed by atoms with Crippen molar-refractivity contribution in [2.45, 2.75) is 71.8 Å². The van der Waals surface area contributed by atoms with Crippen LogP contribution in [0, 0.1) is 5.41 Å². The standard InChI is InChI=1S/C17H36N2O/c1-17(2,3)10-7-9-16(20)8-5-4-6-13-19-14-11-18-12-15-19/h16,18,20H,4-15H2,1-3H3/t16-/m0/s1. The zero-order chi connectivity index (χ0) is 14.8. The molecule has 3 nitrogen and oxygen atoms in total. The molecular formula is C17H36N2O. The quantitative estimate of drug-likeness (QED) is 0.639. The second-order valence-corrected chi connectivity index (χ2v) is 7.55. The van der Waals surface area contributed by atoms with E-state index in [1.807, 2.05) is 0 Å². The summed E-state index contributed by atoms with van der Waals surface area (Å²) < 4.78 is 0. The van der Waals surface area contributed by atoms with Gasteiger partial charge in [-0.2, -0.15) is 0 Å². The number of nitrogens with zero attached hydrogens (tertiary/aromatic N) is 1. The molecule has 1 saturated heterocycles. The van der Waals surface area contributed by atoms with Crippen molar-refractivity contribution >= 4 is 0 Å². The number of rotatable bonds is 9. The van der Waals surface area contributed by atoms with Crippen molar-refractivity contribution in [3.8, 4) is 0 Å². The van der Waals surface area contributed by atoms with Crippen molar-refractivity contribution < 1.29 is 5.11 Å². The summed E-state index contributed by atoms with van der Waals surface area (Å²) in [7, 11) is 0. The molecule has 1 aliphatic rings. The summed E-state index contributed by atoms with van der Waals surface area (Å²) in [5.41, 5.74) is 0.406. The molecule has 0 radical (unpaired) electrons. The third-order valence-electron chi connectivity index (χ3n) is 4.19. The highest BCUT2D eigenvalue weighted by Crippen LogP contribution is 2.22. The number of aliphatic hydroxyl groups excluding tert-OH is 1. The molecule has 120 valence electrons. The van der Waals surface area contributed by atoms with Crippen molar-refractivity contribution in [1.82, 2.24) is 10.2 Å². The first-order valence-corrected chi connectivity index (χ1v) is 8.58. The van der Waals surface area contributed by atoms with Gasteiger partial charge in [-0.3, -0.25) is 0 Å². The molecule has 0 spiro atoms. The highest BCUT2D eigenvalue weighted by molar-refractivity contribution is 4.68. The van der Waals surface area contributed by atoms with Gasteiger partial charge in [0.05, 0.1) is 6.10 Å². The molecule has 0 aromatic rings. The van der Waals surface area contributed by atoms with Gasteiger partial charge in [-0.05, 0) is 37.6 Å². The van der Waals surface area contributed by atoms with Crippen LogP contribution in [0.2, 0.25) is 0 Å². The topological polar surface area (TPSA) is 35.5 Å². The first-order chi connectivity index (χ1) is 9.47. The van der Waals surface area contributed by atoms with E-state index in [0.29, 0.717) is 5.41 Å². The van der Waals surface area contributed by atoms with E-state index in [-0.39, 0.29) is 6.10 Å². The lowest BCUT2D eigenvalue weighted by atomic mass is 9.89. The van der Waals surface area contributed by atoms with Crippen LogP contribution in [-0.2, 0) is 0 Å². The Balaban J connectivity index is 1.89. The van der Waals surface area contributed by atoms with Crippen molar-refractivity contribution in [3.05, 3.63) is 0 Å². The molecule has 0 bridgehead atoms. The van der Waals surface area contributed by atoms with Gasteiger partial charge in [-0.15, -0.1) is 0 Å². The SMILES string of the molecule is CC(C)(C)CCC[C@@H](O)CCCCCN1CCNCC1. The van der Waals surface area contributed by atoms with Gasteiger partial charge in [0.25, 0.3) is 0 Å². The molecule has 0 aromatic heterocycles. The molecule has 1 aliphatic heterocycles. The van der Waals surface area contributed by atoms with Gasteiger partial charge in [0.1, 0.15) is 0 Å². The maximum Gasteiger partial charge on any atom is 0.0540 e. The second kappa shape index (κ2) is 9.75.